The molecule has 1 amide bonds. The van der Waals surface area contributed by atoms with Crippen molar-refractivity contribution < 1.29 is 32.2 Å². The summed E-state index contributed by atoms with van der Waals surface area (Å²) >= 11 is 0. The van der Waals surface area contributed by atoms with E-state index >= 15 is 0 Å². The molecule has 0 spiro atoms. The van der Waals surface area contributed by atoms with Crippen LogP contribution in [0.15, 0.2) is 16.5 Å². The second kappa shape index (κ2) is 6.16. The molecule has 1 saturated heterocycles. The molecule has 8 heteroatoms. The second-order valence-electron chi connectivity index (χ2n) is 6.00. The fourth-order valence-electron chi connectivity index (χ4n) is 2.70. The molecule has 1 aromatic rings. The van der Waals surface area contributed by atoms with Crippen LogP contribution >= 0.6 is 0 Å². The Morgan fingerprint density at radius 1 is 1.30 bits per heavy atom. The van der Waals surface area contributed by atoms with Crippen molar-refractivity contribution in [2.75, 3.05) is 13.1 Å². The van der Waals surface area contributed by atoms with Crippen LogP contribution in [-0.4, -0.2) is 47.4 Å². The maximum Gasteiger partial charge on any atom is 0.425 e. The van der Waals surface area contributed by atoms with E-state index in [-0.39, 0.29) is 31.1 Å². The third-order valence-corrected chi connectivity index (χ3v) is 3.80. The molecule has 0 saturated carbocycles. The molecule has 3 atom stereocenters. The third-order valence-electron chi connectivity index (χ3n) is 3.80. The van der Waals surface area contributed by atoms with E-state index < -0.39 is 29.9 Å². The van der Waals surface area contributed by atoms with E-state index in [1.165, 1.54) is 17.9 Å². The smallest absolute Gasteiger partial charge is 0.425 e. The number of furan rings is 1. The van der Waals surface area contributed by atoms with Crippen molar-refractivity contribution in [3.8, 4) is 0 Å². The number of hydrogen-bond donors (Lipinski definition) is 1. The van der Waals surface area contributed by atoms with Crippen molar-refractivity contribution >= 4 is 5.91 Å². The maximum absolute atomic E-state index is 13.4. The molecule has 23 heavy (non-hydrogen) atoms. The van der Waals surface area contributed by atoms with Gasteiger partial charge in [-0.05, 0) is 32.9 Å². The zero-order valence-electron chi connectivity index (χ0n) is 13.2. The molecule has 0 radical (unpaired) electrons. The first-order valence-corrected chi connectivity index (χ1v) is 7.32. The van der Waals surface area contributed by atoms with Crippen LogP contribution in [0.3, 0.4) is 0 Å². The normalized spacial score (nSPS) is 25.3. The first-order valence-electron chi connectivity index (χ1n) is 7.32. The molecule has 3 unspecified atom stereocenters. The molecule has 0 aromatic carbocycles. The predicted octanol–water partition coefficient (Wildman–Crippen LogP) is 2.36. The van der Waals surface area contributed by atoms with Crippen LogP contribution in [0.2, 0.25) is 0 Å². The van der Waals surface area contributed by atoms with Crippen molar-refractivity contribution in [1.29, 1.82) is 0 Å². The van der Waals surface area contributed by atoms with Gasteiger partial charge < -0.3 is 19.2 Å². The van der Waals surface area contributed by atoms with Gasteiger partial charge in [0.25, 0.3) is 0 Å². The van der Waals surface area contributed by atoms with Crippen molar-refractivity contribution in [2.45, 2.75) is 51.2 Å². The zero-order chi connectivity index (χ0) is 17.4. The highest BCUT2D eigenvalue weighted by molar-refractivity contribution is 5.77. The maximum atomic E-state index is 13.4. The lowest BCUT2D eigenvalue weighted by Gasteiger charge is -2.37. The van der Waals surface area contributed by atoms with E-state index in [1.807, 2.05) is 0 Å². The van der Waals surface area contributed by atoms with Gasteiger partial charge in [0.15, 0.2) is 0 Å². The number of aryl methyl sites for hydroxylation is 1. The number of nitrogens with zero attached hydrogens (tertiary/aromatic N) is 1. The van der Waals surface area contributed by atoms with Gasteiger partial charge in [-0.15, -0.1) is 0 Å². The number of alkyl halides is 3. The average Bonchev–Trinajstić information content (AvgIpc) is 2.83. The van der Waals surface area contributed by atoms with Crippen molar-refractivity contribution in [3.05, 3.63) is 23.7 Å². The van der Waals surface area contributed by atoms with Gasteiger partial charge in [-0.2, -0.15) is 13.2 Å². The number of carbonyl (C=O) groups is 1. The van der Waals surface area contributed by atoms with Gasteiger partial charge >= 0.3 is 6.18 Å². The van der Waals surface area contributed by atoms with E-state index in [0.29, 0.717) is 0 Å². The largest absolute Gasteiger partial charge is 0.463 e. The summed E-state index contributed by atoms with van der Waals surface area (Å²) in [7, 11) is 0. The van der Waals surface area contributed by atoms with Crippen LogP contribution in [-0.2, 0) is 15.1 Å². The number of ether oxygens (including phenoxy) is 1. The highest BCUT2D eigenvalue weighted by atomic mass is 19.4. The highest BCUT2D eigenvalue weighted by Crippen LogP contribution is 2.42. The summed E-state index contributed by atoms with van der Waals surface area (Å²) in [6.07, 6.45) is -6.70. The molecule has 0 aliphatic carbocycles. The third kappa shape index (κ3) is 3.69. The molecule has 5 nitrogen and oxygen atoms in total. The van der Waals surface area contributed by atoms with Crippen molar-refractivity contribution in [1.82, 2.24) is 4.90 Å². The topological polar surface area (TPSA) is 62.9 Å². The lowest BCUT2D eigenvalue weighted by atomic mass is 9.94. The van der Waals surface area contributed by atoms with Gasteiger partial charge in [-0.25, -0.2) is 0 Å². The van der Waals surface area contributed by atoms with Gasteiger partial charge in [0.05, 0.1) is 18.6 Å². The van der Waals surface area contributed by atoms with Crippen LogP contribution in [0.5, 0.6) is 0 Å². The van der Waals surface area contributed by atoms with E-state index in [9.17, 15) is 23.1 Å². The SMILES string of the molecule is Cc1ccc(C(O)(CC(=O)N2CC(C)OC(C)C2)C(F)(F)F)o1. The van der Waals surface area contributed by atoms with Crippen LogP contribution in [0, 0.1) is 6.92 Å². The fraction of sp³-hybridized carbons (Fsp3) is 0.667. The Balaban J connectivity index is 2.23. The molecule has 0 bridgehead atoms. The van der Waals surface area contributed by atoms with Crippen LogP contribution in [0.1, 0.15) is 31.8 Å². The van der Waals surface area contributed by atoms with E-state index in [2.05, 4.69) is 0 Å². The minimum atomic E-state index is -5.03. The molecule has 2 heterocycles. The number of rotatable bonds is 3. The summed E-state index contributed by atoms with van der Waals surface area (Å²) in [4.78, 5) is 13.6. The Kier molecular flexibility index (Phi) is 4.77. The Hall–Kier alpha value is -1.54. The Bertz CT molecular complexity index is 561. The molecular weight excluding hydrogens is 315 g/mol. The lowest BCUT2D eigenvalue weighted by molar-refractivity contribution is -0.274. The number of hydrogen-bond acceptors (Lipinski definition) is 4. The van der Waals surface area contributed by atoms with E-state index in [0.717, 1.165) is 6.07 Å². The monoisotopic (exact) mass is 335 g/mol. The fourth-order valence-corrected chi connectivity index (χ4v) is 2.70. The number of morpholine rings is 1. The average molecular weight is 335 g/mol. The summed E-state index contributed by atoms with van der Waals surface area (Å²) in [6.45, 7) is 5.32. The number of amides is 1. The predicted molar refractivity (Wildman–Crippen MR) is 74.6 cm³/mol. The molecule has 1 fully saturated rings. The summed E-state index contributed by atoms with van der Waals surface area (Å²) in [5.41, 5.74) is -3.34. The number of carbonyl (C=O) groups excluding carboxylic acids is 1. The van der Waals surface area contributed by atoms with Crippen molar-refractivity contribution in [2.24, 2.45) is 0 Å². The van der Waals surface area contributed by atoms with E-state index in [1.54, 1.807) is 13.8 Å². The first kappa shape index (κ1) is 17.8. The Labute approximate surface area is 132 Å². The minimum absolute atomic E-state index is 0.189. The number of aliphatic hydroxyl groups is 1. The van der Waals surface area contributed by atoms with Crippen LogP contribution in [0.25, 0.3) is 0 Å². The minimum Gasteiger partial charge on any atom is -0.463 e. The van der Waals surface area contributed by atoms with Gasteiger partial charge in [0.1, 0.15) is 11.5 Å². The number of halogens is 3. The molecule has 1 aliphatic heterocycles. The molecule has 2 rings (SSSR count). The van der Waals surface area contributed by atoms with Gasteiger partial charge in [-0.3, -0.25) is 4.79 Å². The summed E-state index contributed by atoms with van der Waals surface area (Å²) in [6, 6.07) is 2.36. The van der Waals surface area contributed by atoms with Crippen LogP contribution in [0.4, 0.5) is 13.2 Å². The molecule has 1 aromatic heterocycles. The van der Waals surface area contributed by atoms with Gasteiger partial charge in [0.2, 0.25) is 11.5 Å². The Morgan fingerprint density at radius 3 is 2.30 bits per heavy atom. The van der Waals surface area contributed by atoms with Crippen molar-refractivity contribution in [3.63, 3.8) is 0 Å². The first-order chi connectivity index (χ1) is 10.5. The summed E-state index contributed by atoms with van der Waals surface area (Å²) in [5, 5.41) is 10.2. The molecular formula is C15H20F3NO4. The summed E-state index contributed by atoms with van der Waals surface area (Å²) < 4.78 is 50.5. The highest BCUT2D eigenvalue weighted by Gasteiger charge is 2.58. The van der Waals surface area contributed by atoms with E-state index in [4.69, 9.17) is 9.15 Å². The lowest BCUT2D eigenvalue weighted by Crippen LogP contribution is -2.52. The summed E-state index contributed by atoms with van der Waals surface area (Å²) in [5.74, 6) is -1.24. The molecule has 1 N–H and O–H groups in total. The Morgan fingerprint density at radius 2 is 1.87 bits per heavy atom. The molecule has 130 valence electrons. The molecule has 1 aliphatic rings. The quantitative estimate of drug-likeness (QED) is 0.921. The van der Waals surface area contributed by atoms with Crippen LogP contribution < -0.4 is 0 Å². The standard InChI is InChI=1S/C15H20F3NO4/c1-9-4-5-12(23-9)14(21,15(16,17)18)6-13(20)19-7-10(2)22-11(3)8-19/h4-5,10-11,21H,6-8H2,1-3H3. The zero-order valence-corrected chi connectivity index (χ0v) is 13.2. The van der Waals surface area contributed by atoms with Gasteiger partial charge in [0, 0.05) is 13.1 Å². The van der Waals surface area contributed by atoms with Gasteiger partial charge in [-0.1, -0.05) is 0 Å². The second-order valence-corrected chi connectivity index (χ2v) is 6.00.